The third-order valence-corrected chi connectivity index (χ3v) is 8.96. The Labute approximate surface area is 253 Å². The summed E-state index contributed by atoms with van der Waals surface area (Å²) in [5.74, 6) is -0.426. The number of anilines is 1. The van der Waals surface area contributed by atoms with Crippen molar-refractivity contribution in [2.75, 3.05) is 30.9 Å². The van der Waals surface area contributed by atoms with E-state index in [2.05, 4.69) is 18.7 Å². The first kappa shape index (κ1) is 29.4. The number of hydrogen-bond donors (Lipinski definition) is 1. The van der Waals surface area contributed by atoms with Crippen LogP contribution in [-0.2, 0) is 9.53 Å². The molecule has 5 rings (SSSR count). The topological polar surface area (TPSA) is 84.1 Å². The molecule has 1 aliphatic heterocycles. The fourth-order valence-electron chi connectivity index (χ4n) is 5.12. The van der Waals surface area contributed by atoms with E-state index in [1.807, 2.05) is 73.0 Å². The minimum absolute atomic E-state index is 0.0895. The Morgan fingerprint density at radius 2 is 1.79 bits per heavy atom. The molecule has 0 saturated carbocycles. The SMILES string of the molecule is CCOC(=O)C1=C(c2ccccc2)N=c2sc(=Cc3ccc(N(CC)CC)cc3O)c(=O)n2C1c1ccc(SC)cc1. The Kier molecular flexibility index (Phi) is 8.99. The molecule has 7 nitrogen and oxygen atoms in total. The lowest BCUT2D eigenvalue weighted by Gasteiger charge is -2.26. The number of phenols is 1. The second kappa shape index (κ2) is 12.8. The van der Waals surface area contributed by atoms with Crippen LogP contribution in [0.3, 0.4) is 0 Å². The predicted molar refractivity (Wildman–Crippen MR) is 171 cm³/mol. The van der Waals surface area contributed by atoms with Crippen molar-refractivity contribution in [1.29, 1.82) is 0 Å². The van der Waals surface area contributed by atoms with Gasteiger partial charge in [-0.15, -0.1) is 11.8 Å². The Hall–Kier alpha value is -4.08. The van der Waals surface area contributed by atoms with Crippen LogP contribution in [0.4, 0.5) is 5.69 Å². The fourth-order valence-corrected chi connectivity index (χ4v) is 6.52. The summed E-state index contributed by atoms with van der Waals surface area (Å²) >= 11 is 2.85. The molecule has 0 bridgehead atoms. The minimum Gasteiger partial charge on any atom is -0.507 e. The first-order valence-electron chi connectivity index (χ1n) is 13.9. The zero-order valence-electron chi connectivity index (χ0n) is 24.0. The van der Waals surface area contributed by atoms with Gasteiger partial charge in [0, 0.05) is 40.9 Å². The van der Waals surface area contributed by atoms with Crippen LogP contribution in [0.2, 0.25) is 0 Å². The van der Waals surface area contributed by atoms with Crippen LogP contribution in [0.15, 0.2) is 93.1 Å². The van der Waals surface area contributed by atoms with Gasteiger partial charge < -0.3 is 14.7 Å². The highest BCUT2D eigenvalue weighted by atomic mass is 32.2. The first-order valence-corrected chi connectivity index (χ1v) is 15.9. The van der Waals surface area contributed by atoms with Gasteiger partial charge in [0.1, 0.15) is 5.75 Å². The zero-order valence-corrected chi connectivity index (χ0v) is 25.7. The van der Waals surface area contributed by atoms with Gasteiger partial charge in [0.2, 0.25) is 0 Å². The molecule has 3 aromatic carbocycles. The maximum Gasteiger partial charge on any atom is 0.338 e. The maximum absolute atomic E-state index is 14.1. The predicted octanol–water partition coefficient (Wildman–Crippen LogP) is 5.21. The number of hydrogen-bond acceptors (Lipinski definition) is 8. The summed E-state index contributed by atoms with van der Waals surface area (Å²) in [6.07, 6.45) is 3.69. The smallest absolute Gasteiger partial charge is 0.338 e. The number of phenolic OH excluding ortho intramolecular Hbond substituents is 1. The van der Waals surface area contributed by atoms with Gasteiger partial charge in [0.15, 0.2) is 4.80 Å². The van der Waals surface area contributed by atoms with E-state index in [1.54, 1.807) is 35.4 Å². The summed E-state index contributed by atoms with van der Waals surface area (Å²) in [4.78, 5) is 36.2. The molecule has 0 radical (unpaired) electrons. The number of aromatic nitrogens is 1. The van der Waals surface area contributed by atoms with Crippen molar-refractivity contribution < 1.29 is 14.6 Å². The molecule has 0 fully saturated rings. The number of benzene rings is 3. The van der Waals surface area contributed by atoms with Crippen LogP contribution < -0.4 is 19.8 Å². The molecule has 0 aliphatic carbocycles. The number of thioether (sulfide) groups is 1. The summed E-state index contributed by atoms with van der Waals surface area (Å²) in [5.41, 5.74) is 3.48. The highest BCUT2D eigenvalue weighted by Gasteiger charge is 2.35. The number of carbonyl (C=O) groups is 1. The summed E-state index contributed by atoms with van der Waals surface area (Å²) in [5, 5.41) is 10.9. The first-order chi connectivity index (χ1) is 20.4. The molecule has 1 N–H and O–H groups in total. The normalized spacial score (nSPS) is 14.9. The molecule has 0 saturated heterocycles. The van der Waals surface area contributed by atoms with E-state index in [0.717, 1.165) is 34.8 Å². The molecule has 216 valence electrons. The molecule has 0 spiro atoms. The van der Waals surface area contributed by atoms with E-state index >= 15 is 0 Å². The Morgan fingerprint density at radius 3 is 2.40 bits per heavy atom. The Bertz CT molecular complexity index is 1800. The van der Waals surface area contributed by atoms with Gasteiger partial charge in [0.25, 0.3) is 5.56 Å². The van der Waals surface area contributed by atoms with Crippen LogP contribution in [0.25, 0.3) is 11.8 Å². The van der Waals surface area contributed by atoms with Crippen molar-refractivity contribution in [2.24, 2.45) is 4.99 Å². The lowest BCUT2D eigenvalue weighted by atomic mass is 9.93. The number of thiazole rings is 1. The molecule has 42 heavy (non-hydrogen) atoms. The monoisotopic (exact) mass is 599 g/mol. The number of nitrogens with zero attached hydrogens (tertiary/aromatic N) is 3. The molecule has 1 aromatic heterocycles. The lowest BCUT2D eigenvalue weighted by molar-refractivity contribution is -0.138. The van der Waals surface area contributed by atoms with Crippen molar-refractivity contribution in [3.05, 3.63) is 115 Å². The highest BCUT2D eigenvalue weighted by Crippen LogP contribution is 2.35. The average molecular weight is 600 g/mol. The van der Waals surface area contributed by atoms with Crippen molar-refractivity contribution >= 4 is 46.5 Å². The summed E-state index contributed by atoms with van der Waals surface area (Å²) in [7, 11) is 0. The van der Waals surface area contributed by atoms with Crippen LogP contribution >= 0.6 is 23.1 Å². The van der Waals surface area contributed by atoms with E-state index in [0.29, 0.717) is 26.2 Å². The standard InChI is InChI=1S/C33H33N3O4S2/c1-5-35(6-2)24-16-13-23(26(37)20-24)19-27-31(38)36-30(22-14-17-25(41-4)18-15-22)28(32(39)40-7-3)29(34-33(36)42-27)21-11-9-8-10-12-21/h8-20,30,37H,5-7H2,1-4H3. The molecular weight excluding hydrogens is 567 g/mol. The Balaban J connectivity index is 1.75. The number of rotatable bonds is 9. The van der Waals surface area contributed by atoms with Crippen LogP contribution in [0.5, 0.6) is 5.75 Å². The maximum atomic E-state index is 14.1. The lowest BCUT2D eigenvalue weighted by Crippen LogP contribution is -2.40. The second-order valence-electron chi connectivity index (χ2n) is 9.62. The van der Waals surface area contributed by atoms with E-state index in [-0.39, 0.29) is 17.9 Å². The summed E-state index contributed by atoms with van der Waals surface area (Å²) < 4.78 is 7.51. The van der Waals surface area contributed by atoms with Crippen LogP contribution in [0, 0.1) is 0 Å². The van der Waals surface area contributed by atoms with Gasteiger partial charge in [-0.1, -0.05) is 53.8 Å². The van der Waals surface area contributed by atoms with Gasteiger partial charge in [-0.2, -0.15) is 0 Å². The molecule has 0 amide bonds. The molecule has 9 heteroatoms. The van der Waals surface area contributed by atoms with E-state index < -0.39 is 12.0 Å². The second-order valence-corrected chi connectivity index (χ2v) is 11.5. The van der Waals surface area contributed by atoms with Crippen molar-refractivity contribution in [3.63, 3.8) is 0 Å². The number of fused-ring (bicyclic) bond motifs is 1. The highest BCUT2D eigenvalue weighted by molar-refractivity contribution is 7.98. The molecule has 1 unspecified atom stereocenters. The summed E-state index contributed by atoms with van der Waals surface area (Å²) in [6, 6.07) is 22.1. The van der Waals surface area contributed by atoms with Gasteiger partial charge in [0.05, 0.1) is 28.5 Å². The van der Waals surface area contributed by atoms with Gasteiger partial charge in [-0.3, -0.25) is 9.36 Å². The van der Waals surface area contributed by atoms with Gasteiger partial charge >= 0.3 is 5.97 Å². The van der Waals surface area contributed by atoms with Crippen molar-refractivity contribution in [1.82, 2.24) is 4.57 Å². The van der Waals surface area contributed by atoms with Gasteiger partial charge in [-0.05, 0) is 62.9 Å². The third kappa shape index (κ3) is 5.67. The molecule has 2 heterocycles. The molecule has 1 atom stereocenters. The van der Waals surface area contributed by atoms with Crippen molar-refractivity contribution in [3.8, 4) is 5.75 Å². The number of ether oxygens (including phenoxy) is 1. The fraction of sp³-hybridized carbons (Fsp3) is 0.242. The van der Waals surface area contributed by atoms with Crippen molar-refractivity contribution in [2.45, 2.75) is 31.7 Å². The third-order valence-electron chi connectivity index (χ3n) is 7.23. The van der Waals surface area contributed by atoms with Crippen LogP contribution in [0.1, 0.15) is 43.5 Å². The number of carbonyl (C=O) groups excluding carboxylic acids is 1. The molecule has 4 aromatic rings. The van der Waals surface area contributed by atoms with E-state index in [4.69, 9.17) is 9.73 Å². The number of aromatic hydroxyl groups is 1. The van der Waals surface area contributed by atoms with E-state index in [9.17, 15) is 14.7 Å². The minimum atomic E-state index is -0.743. The molecule has 1 aliphatic rings. The zero-order chi connectivity index (χ0) is 29.8. The quantitative estimate of drug-likeness (QED) is 0.210. The number of esters is 1. The van der Waals surface area contributed by atoms with E-state index in [1.165, 1.54) is 11.3 Å². The Morgan fingerprint density at radius 1 is 1.07 bits per heavy atom. The summed E-state index contributed by atoms with van der Waals surface area (Å²) in [6.45, 7) is 7.71. The average Bonchev–Trinajstić information content (AvgIpc) is 3.33. The largest absolute Gasteiger partial charge is 0.507 e. The van der Waals surface area contributed by atoms with Crippen LogP contribution in [-0.4, -0.2) is 41.6 Å². The van der Waals surface area contributed by atoms with Gasteiger partial charge in [-0.25, -0.2) is 9.79 Å². The molecular formula is C33H33N3O4S2.